The first-order valence-electron chi connectivity index (χ1n) is 6.61. The van der Waals surface area contributed by atoms with Crippen LogP contribution in [0.3, 0.4) is 0 Å². The largest absolute Gasteiger partial charge is 0.330 e. The van der Waals surface area contributed by atoms with Gasteiger partial charge in [0.15, 0.2) is 0 Å². The lowest BCUT2D eigenvalue weighted by molar-refractivity contribution is 0.485. The van der Waals surface area contributed by atoms with Gasteiger partial charge >= 0.3 is 0 Å². The van der Waals surface area contributed by atoms with E-state index in [1.54, 1.807) is 6.92 Å². The van der Waals surface area contributed by atoms with E-state index in [2.05, 4.69) is 28.1 Å². The average Bonchev–Trinajstić information content (AvgIpc) is 2.40. The normalized spacial score (nSPS) is 13.4. The van der Waals surface area contributed by atoms with Crippen molar-refractivity contribution in [2.75, 3.05) is 18.1 Å². The molecule has 1 atom stereocenters. The minimum atomic E-state index is -2.85. The molecular weight excluding hydrogens is 326 g/mol. The van der Waals surface area contributed by atoms with E-state index in [0.717, 1.165) is 17.3 Å². The fraction of sp³-hybridized carbons (Fsp3) is 0.571. The summed E-state index contributed by atoms with van der Waals surface area (Å²) in [7, 11) is -2.85. The average molecular weight is 348 g/mol. The second-order valence-corrected chi connectivity index (χ2v) is 8.20. The summed E-state index contributed by atoms with van der Waals surface area (Å²) in [5.74, 6) is 0.862. The lowest BCUT2D eigenvalue weighted by Gasteiger charge is -2.14. The highest BCUT2D eigenvalue weighted by Gasteiger charge is 2.11. The van der Waals surface area contributed by atoms with Gasteiger partial charge in [0.2, 0.25) is 0 Å². The fourth-order valence-electron chi connectivity index (χ4n) is 1.99. The van der Waals surface area contributed by atoms with Crippen molar-refractivity contribution in [3.05, 3.63) is 34.3 Å². The summed E-state index contributed by atoms with van der Waals surface area (Å²) in [6, 6.07) is 8.19. The third kappa shape index (κ3) is 6.54. The molecule has 1 aromatic rings. The maximum absolute atomic E-state index is 11.4. The second-order valence-electron chi connectivity index (χ2n) is 4.81. The van der Waals surface area contributed by atoms with Crippen LogP contribution in [0.5, 0.6) is 0 Å². The van der Waals surface area contributed by atoms with Gasteiger partial charge in [-0.3, -0.25) is 0 Å². The minimum Gasteiger partial charge on any atom is -0.330 e. The van der Waals surface area contributed by atoms with Gasteiger partial charge in [0.1, 0.15) is 9.84 Å². The molecule has 0 aliphatic carbocycles. The van der Waals surface area contributed by atoms with Crippen LogP contribution in [0.4, 0.5) is 0 Å². The van der Waals surface area contributed by atoms with E-state index in [4.69, 9.17) is 5.73 Å². The maximum atomic E-state index is 11.4. The van der Waals surface area contributed by atoms with Gasteiger partial charge in [-0.25, -0.2) is 8.42 Å². The summed E-state index contributed by atoms with van der Waals surface area (Å²) in [4.78, 5) is 0. The molecule has 0 fully saturated rings. The van der Waals surface area contributed by atoms with Crippen molar-refractivity contribution >= 4 is 25.8 Å². The SMILES string of the molecule is CCS(=O)(=O)CCCC(CN)Cc1ccc(Br)cc1. The molecule has 0 saturated heterocycles. The van der Waals surface area contributed by atoms with Crippen LogP contribution in [0.15, 0.2) is 28.7 Å². The highest BCUT2D eigenvalue weighted by molar-refractivity contribution is 9.10. The number of hydrogen-bond acceptors (Lipinski definition) is 3. The van der Waals surface area contributed by atoms with E-state index >= 15 is 0 Å². The van der Waals surface area contributed by atoms with E-state index in [0.29, 0.717) is 18.9 Å². The van der Waals surface area contributed by atoms with Crippen LogP contribution in [-0.4, -0.2) is 26.5 Å². The van der Waals surface area contributed by atoms with Crippen LogP contribution in [0.1, 0.15) is 25.3 Å². The molecule has 1 rings (SSSR count). The molecule has 0 spiro atoms. The highest BCUT2D eigenvalue weighted by Crippen LogP contribution is 2.16. The number of nitrogens with two attached hydrogens (primary N) is 1. The molecule has 0 aromatic heterocycles. The Hall–Kier alpha value is -0.390. The first-order chi connectivity index (χ1) is 8.96. The number of hydrogen-bond donors (Lipinski definition) is 1. The van der Waals surface area contributed by atoms with Crippen molar-refractivity contribution in [3.8, 4) is 0 Å². The summed E-state index contributed by atoms with van der Waals surface area (Å²) in [5, 5.41) is 0. The van der Waals surface area contributed by atoms with Gasteiger partial charge in [-0.2, -0.15) is 0 Å². The molecule has 1 aromatic carbocycles. The third-order valence-electron chi connectivity index (χ3n) is 3.28. The van der Waals surface area contributed by atoms with Crippen molar-refractivity contribution in [1.82, 2.24) is 0 Å². The van der Waals surface area contributed by atoms with Gasteiger partial charge in [-0.1, -0.05) is 35.0 Å². The zero-order valence-electron chi connectivity index (χ0n) is 11.3. The van der Waals surface area contributed by atoms with E-state index in [1.165, 1.54) is 5.56 Å². The zero-order valence-corrected chi connectivity index (χ0v) is 13.7. The van der Waals surface area contributed by atoms with Crippen LogP contribution in [0.25, 0.3) is 0 Å². The van der Waals surface area contributed by atoms with Gasteiger partial charge in [0, 0.05) is 10.2 Å². The molecule has 0 saturated carbocycles. The summed E-state index contributed by atoms with van der Waals surface area (Å²) >= 11 is 3.41. The monoisotopic (exact) mass is 347 g/mol. The molecule has 19 heavy (non-hydrogen) atoms. The standard InChI is InChI=1S/C14H22BrNO2S/c1-2-19(17,18)9-3-4-13(11-16)10-12-5-7-14(15)8-6-12/h5-8,13H,2-4,9-11,16H2,1H3. The Morgan fingerprint density at radius 1 is 1.26 bits per heavy atom. The fourth-order valence-corrected chi connectivity index (χ4v) is 3.15. The molecule has 5 heteroatoms. The van der Waals surface area contributed by atoms with Gasteiger partial charge in [-0.05, 0) is 49.4 Å². The van der Waals surface area contributed by atoms with Crippen LogP contribution in [-0.2, 0) is 16.3 Å². The summed E-state index contributed by atoms with van der Waals surface area (Å²) in [6.45, 7) is 2.29. The maximum Gasteiger partial charge on any atom is 0.150 e. The molecule has 3 nitrogen and oxygen atoms in total. The zero-order chi connectivity index (χ0) is 14.3. The van der Waals surface area contributed by atoms with Crippen LogP contribution >= 0.6 is 15.9 Å². The Kier molecular flexibility index (Phi) is 7.04. The lowest BCUT2D eigenvalue weighted by Crippen LogP contribution is -2.18. The number of sulfone groups is 1. The smallest absolute Gasteiger partial charge is 0.150 e. The van der Waals surface area contributed by atoms with Crippen molar-refractivity contribution in [2.45, 2.75) is 26.2 Å². The Bertz CT molecular complexity index is 471. The molecule has 2 N–H and O–H groups in total. The number of halogens is 1. The Balaban J connectivity index is 2.44. The van der Waals surface area contributed by atoms with E-state index in [-0.39, 0.29) is 11.5 Å². The predicted molar refractivity (Wildman–Crippen MR) is 84.0 cm³/mol. The van der Waals surface area contributed by atoms with Crippen molar-refractivity contribution in [1.29, 1.82) is 0 Å². The summed E-state index contributed by atoms with van der Waals surface area (Å²) < 4.78 is 23.9. The van der Waals surface area contributed by atoms with Crippen LogP contribution in [0.2, 0.25) is 0 Å². The van der Waals surface area contributed by atoms with Crippen molar-refractivity contribution in [3.63, 3.8) is 0 Å². The first kappa shape index (κ1) is 16.7. The van der Waals surface area contributed by atoms with Gasteiger partial charge in [0.25, 0.3) is 0 Å². The van der Waals surface area contributed by atoms with Crippen molar-refractivity contribution < 1.29 is 8.42 Å². The van der Waals surface area contributed by atoms with Gasteiger partial charge < -0.3 is 5.73 Å². The van der Waals surface area contributed by atoms with E-state index in [1.807, 2.05) is 12.1 Å². The van der Waals surface area contributed by atoms with Crippen LogP contribution < -0.4 is 5.73 Å². The van der Waals surface area contributed by atoms with Gasteiger partial charge in [0.05, 0.1) is 5.75 Å². The Morgan fingerprint density at radius 3 is 2.42 bits per heavy atom. The Labute approximate surface area is 124 Å². The summed E-state index contributed by atoms with van der Waals surface area (Å²) in [6.07, 6.45) is 2.48. The van der Waals surface area contributed by atoms with E-state index in [9.17, 15) is 8.42 Å². The van der Waals surface area contributed by atoms with Crippen molar-refractivity contribution in [2.24, 2.45) is 11.7 Å². The molecule has 0 heterocycles. The third-order valence-corrected chi connectivity index (χ3v) is 5.60. The van der Waals surface area contributed by atoms with Crippen LogP contribution in [0, 0.1) is 5.92 Å². The molecule has 0 amide bonds. The molecule has 0 radical (unpaired) electrons. The molecule has 1 unspecified atom stereocenters. The second kappa shape index (κ2) is 8.02. The molecule has 0 bridgehead atoms. The number of benzene rings is 1. The number of rotatable bonds is 8. The lowest BCUT2D eigenvalue weighted by atomic mass is 9.95. The molecule has 0 aliphatic rings. The molecular formula is C14H22BrNO2S. The quantitative estimate of drug-likeness (QED) is 0.786. The summed E-state index contributed by atoms with van der Waals surface area (Å²) in [5.41, 5.74) is 7.02. The molecule has 108 valence electrons. The highest BCUT2D eigenvalue weighted by atomic mass is 79.9. The first-order valence-corrected chi connectivity index (χ1v) is 9.23. The Morgan fingerprint density at radius 2 is 1.89 bits per heavy atom. The topological polar surface area (TPSA) is 60.2 Å². The minimum absolute atomic E-state index is 0.229. The molecule has 0 aliphatic heterocycles. The van der Waals surface area contributed by atoms with Gasteiger partial charge in [-0.15, -0.1) is 0 Å². The predicted octanol–water partition coefficient (Wildman–Crippen LogP) is 2.78. The van der Waals surface area contributed by atoms with E-state index < -0.39 is 9.84 Å².